The number of thiophene rings is 1. The predicted molar refractivity (Wildman–Crippen MR) is 121 cm³/mol. The number of hydrogen-bond acceptors (Lipinski definition) is 5. The van der Waals surface area contributed by atoms with Gasteiger partial charge in [0.15, 0.2) is 5.16 Å². The molecule has 0 atom stereocenters. The molecule has 2 heterocycles. The van der Waals surface area contributed by atoms with Gasteiger partial charge in [-0.25, -0.2) is 4.98 Å². The standard InChI is InChI=1S/C22H23N3O2S2/c1-5-11-23-18(26)13-28-22-24-20-19(15(4)17(6-2)29-20)21(27)25(22)12-16-9-7-14(3)8-10-16/h1,7-10H,6,11-13H2,2-4H3,(H,23,26). The largest absolute Gasteiger partial charge is 0.344 e. The van der Waals surface area contributed by atoms with Gasteiger partial charge in [-0.05, 0) is 31.4 Å². The molecule has 0 fully saturated rings. The van der Waals surface area contributed by atoms with Crippen molar-refractivity contribution in [3.8, 4) is 12.3 Å². The van der Waals surface area contributed by atoms with Crippen LogP contribution in [-0.4, -0.2) is 27.8 Å². The molecule has 0 bridgehead atoms. The van der Waals surface area contributed by atoms with Crippen LogP contribution in [0.5, 0.6) is 0 Å². The smallest absolute Gasteiger partial charge is 0.263 e. The molecule has 0 aliphatic rings. The molecule has 0 spiro atoms. The number of thioether (sulfide) groups is 1. The predicted octanol–water partition coefficient (Wildman–Crippen LogP) is 3.53. The number of aromatic nitrogens is 2. The van der Waals surface area contributed by atoms with Crippen molar-refractivity contribution in [1.82, 2.24) is 14.9 Å². The van der Waals surface area contributed by atoms with Crippen LogP contribution >= 0.6 is 23.1 Å². The monoisotopic (exact) mass is 425 g/mol. The number of benzene rings is 1. The zero-order valence-corrected chi connectivity index (χ0v) is 18.4. The fourth-order valence-corrected chi connectivity index (χ4v) is 5.02. The van der Waals surface area contributed by atoms with E-state index in [1.807, 2.05) is 38.1 Å². The van der Waals surface area contributed by atoms with Gasteiger partial charge >= 0.3 is 0 Å². The van der Waals surface area contributed by atoms with Crippen LogP contribution in [0.25, 0.3) is 10.2 Å². The van der Waals surface area contributed by atoms with Crippen molar-refractivity contribution in [3.05, 3.63) is 56.2 Å². The van der Waals surface area contributed by atoms with Crippen molar-refractivity contribution in [3.63, 3.8) is 0 Å². The van der Waals surface area contributed by atoms with Crippen molar-refractivity contribution in [2.45, 2.75) is 38.9 Å². The summed E-state index contributed by atoms with van der Waals surface area (Å²) in [6, 6.07) is 8.07. The molecule has 7 heteroatoms. The van der Waals surface area contributed by atoms with Gasteiger partial charge < -0.3 is 5.32 Å². The first-order valence-corrected chi connectivity index (χ1v) is 11.2. The Bertz CT molecular complexity index is 1140. The number of nitrogens with one attached hydrogen (secondary N) is 1. The summed E-state index contributed by atoms with van der Waals surface area (Å²) < 4.78 is 1.67. The second-order valence-electron chi connectivity index (χ2n) is 6.72. The average molecular weight is 426 g/mol. The highest BCUT2D eigenvalue weighted by atomic mass is 32.2. The zero-order chi connectivity index (χ0) is 21.0. The van der Waals surface area contributed by atoms with E-state index in [-0.39, 0.29) is 23.8 Å². The van der Waals surface area contributed by atoms with E-state index in [2.05, 4.69) is 18.2 Å². The van der Waals surface area contributed by atoms with Crippen LogP contribution < -0.4 is 10.9 Å². The van der Waals surface area contributed by atoms with E-state index in [9.17, 15) is 9.59 Å². The number of carbonyl (C=O) groups is 1. The van der Waals surface area contributed by atoms with Crippen LogP contribution in [0.3, 0.4) is 0 Å². The third-order valence-electron chi connectivity index (χ3n) is 4.62. The van der Waals surface area contributed by atoms with Crippen LogP contribution in [0.15, 0.2) is 34.2 Å². The summed E-state index contributed by atoms with van der Waals surface area (Å²) >= 11 is 2.81. The van der Waals surface area contributed by atoms with E-state index < -0.39 is 0 Å². The highest BCUT2D eigenvalue weighted by Gasteiger charge is 2.18. The third-order valence-corrected chi connectivity index (χ3v) is 6.92. The third kappa shape index (κ3) is 4.72. The number of terminal acetylenes is 1. The summed E-state index contributed by atoms with van der Waals surface area (Å²) in [6.45, 7) is 6.69. The van der Waals surface area contributed by atoms with Gasteiger partial charge in [-0.3, -0.25) is 14.2 Å². The molecule has 0 aliphatic carbocycles. The van der Waals surface area contributed by atoms with Crippen LogP contribution in [0, 0.1) is 26.2 Å². The molecule has 29 heavy (non-hydrogen) atoms. The lowest BCUT2D eigenvalue weighted by Gasteiger charge is -2.12. The Balaban J connectivity index is 2.04. The van der Waals surface area contributed by atoms with E-state index in [0.29, 0.717) is 17.1 Å². The van der Waals surface area contributed by atoms with E-state index >= 15 is 0 Å². The van der Waals surface area contributed by atoms with Crippen LogP contribution in [0.4, 0.5) is 0 Å². The van der Waals surface area contributed by atoms with Gasteiger partial charge in [-0.2, -0.15) is 0 Å². The quantitative estimate of drug-likeness (QED) is 0.357. The van der Waals surface area contributed by atoms with E-state index in [1.165, 1.54) is 16.6 Å². The summed E-state index contributed by atoms with van der Waals surface area (Å²) in [5.74, 6) is 2.36. The number of aryl methyl sites for hydroxylation is 3. The Labute approximate surface area is 178 Å². The maximum Gasteiger partial charge on any atom is 0.263 e. The Kier molecular flexibility index (Phi) is 6.78. The minimum atomic E-state index is -0.180. The summed E-state index contributed by atoms with van der Waals surface area (Å²) in [6.07, 6.45) is 6.05. The minimum Gasteiger partial charge on any atom is -0.344 e. The second-order valence-corrected chi connectivity index (χ2v) is 8.75. The van der Waals surface area contributed by atoms with Crippen molar-refractivity contribution in [1.29, 1.82) is 0 Å². The highest BCUT2D eigenvalue weighted by Crippen LogP contribution is 2.29. The van der Waals surface area contributed by atoms with Crippen molar-refractivity contribution < 1.29 is 4.79 Å². The molecule has 0 saturated carbocycles. The molecular weight excluding hydrogens is 402 g/mol. The van der Waals surface area contributed by atoms with Gasteiger partial charge in [0.1, 0.15) is 4.83 Å². The van der Waals surface area contributed by atoms with Gasteiger partial charge in [0, 0.05) is 4.88 Å². The topological polar surface area (TPSA) is 64.0 Å². The number of nitrogens with zero attached hydrogens (tertiary/aromatic N) is 2. The Hall–Kier alpha value is -2.56. The Morgan fingerprint density at radius 3 is 2.69 bits per heavy atom. The number of carbonyl (C=O) groups excluding carboxylic acids is 1. The number of hydrogen-bond donors (Lipinski definition) is 1. The van der Waals surface area contributed by atoms with E-state index in [4.69, 9.17) is 11.4 Å². The first-order valence-electron chi connectivity index (χ1n) is 9.35. The van der Waals surface area contributed by atoms with Crippen molar-refractivity contribution >= 4 is 39.2 Å². The molecule has 2 aromatic heterocycles. The molecule has 5 nitrogen and oxygen atoms in total. The van der Waals surface area contributed by atoms with Gasteiger partial charge in [0.25, 0.3) is 5.56 Å². The first-order chi connectivity index (χ1) is 13.9. The number of amides is 1. The number of fused-ring (bicyclic) bond motifs is 1. The molecular formula is C22H23N3O2S2. The minimum absolute atomic E-state index is 0.0597. The fourth-order valence-electron chi connectivity index (χ4n) is 3.04. The molecule has 1 amide bonds. The molecule has 0 aliphatic heterocycles. The Morgan fingerprint density at radius 1 is 1.31 bits per heavy atom. The summed E-state index contributed by atoms with van der Waals surface area (Å²) in [4.78, 5) is 32.0. The summed E-state index contributed by atoms with van der Waals surface area (Å²) in [7, 11) is 0. The van der Waals surface area contributed by atoms with E-state index in [0.717, 1.165) is 27.9 Å². The summed E-state index contributed by atoms with van der Waals surface area (Å²) in [5.41, 5.74) is 3.12. The molecule has 150 valence electrons. The van der Waals surface area contributed by atoms with Crippen molar-refractivity contribution in [2.24, 2.45) is 0 Å². The summed E-state index contributed by atoms with van der Waals surface area (Å²) in [5, 5.41) is 3.87. The first kappa shape index (κ1) is 21.2. The molecule has 0 saturated heterocycles. The molecule has 1 N–H and O–H groups in total. The normalized spacial score (nSPS) is 10.8. The lowest BCUT2D eigenvalue weighted by molar-refractivity contribution is -0.118. The second kappa shape index (κ2) is 9.29. The number of rotatable bonds is 7. The Morgan fingerprint density at radius 2 is 2.03 bits per heavy atom. The average Bonchev–Trinajstić information content (AvgIpc) is 3.04. The SMILES string of the molecule is C#CCNC(=O)CSc1nc2sc(CC)c(C)c2c(=O)n1Cc1ccc(C)cc1. The maximum absolute atomic E-state index is 13.4. The highest BCUT2D eigenvalue weighted by molar-refractivity contribution is 7.99. The zero-order valence-electron chi connectivity index (χ0n) is 16.7. The molecule has 3 aromatic rings. The fraction of sp³-hybridized carbons (Fsp3) is 0.318. The lowest BCUT2D eigenvalue weighted by atomic mass is 10.1. The van der Waals surface area contributed by atoms with Crippen LogP contribution in [0.2, 0.25) is 0 Å². The molecule has 1 aromatic carbocycles. The van der Waals surface area contributed by atoms with Crippen LogP contribution in [-0.2, 0) is 17.8 Å². The van der Waals surface area contributed by atoms with Gasteiger partial charge in [0.2, 0.25) is 5.91 Å². The van der Waals surface area contributed by atoms with Gasteiger partial charge in [0.05, 0.1) is 24.2 Å². The molecule has 3 rings (SSSR count). The van der Waals surface area contributed by atoms with Gasteiger partial charge in [-0.15, -0.1) is 17.8 Å². The lowest BCUT2D eigenvalue weighted by Crippen LogP contribution is -2.27. The molecule has 0 unspecified atom stereocenters. The maximum atomic E-state index is 13.4. The van der Waals surface area contributed by atoms with Gasteiger partial charge in [-0.1, -0.05) is 54.4 Å². The molecule has 0 radical (unpaired) electrons. The van der Waals surface area contributed by atoms with Crippen molar-refractivity contribution in [2.75, 3.05) is 12.3 Å². The van der Waals surface area contributed by atoms with Crippen LogP contribution in [0.1, 0.15) is 28.5 Å². The van der Waals surface area contributed by atoms with E-state index in [1.54, 1.807) is 15.9 Å².